The molecule has 1 saturated heterocycles. The predicted molar refractivity (Wildman–Crippen MR) is 93.4 cm³/mol. The van der Waals surface area contributed by atoms with E-state index in [9.17, 15) is 4.79 Å². The molecule has 0 radical (unpaired) electrons. The minimum Gasteiger partial charge on any atom is -0.339 e. The van der Waals surface area contributed by atoms with Crippen molar-refractivity contribution in [1.29, 1.82) is 0 Å². The molecule has 0 N–H and O–H groups in total. The van der Waals surface area contributed by atoms with Crippen molar-refractivity contribution in [3.8, 4) is 0 Å². The molecule has 0 saturated carbocycles. The highest BCUT2D eigenvalue weighted by Crippen LogP contribution is 2.31. The van der Waals surface area contributed by atoms with Crippen LogP contribution in [0.2, 0.25) is 5.02 Å². The fourth-order valence-electron chi connectivity index (χ4n) is 2.78. The fraction of sp³-hybridized carbons (Fsp3) is 0.278. The summed E-state index contributed by atoms with van der Waals surface area (Å²) in [5.41, 5.74) is 0.881. The standard InChI is InChI=1S/C18H18ClNOS/c19-16-5-2-1-4-14(16)7-8-18(21)20-11-9-15(10-12-20)17-6-3-13-22-17/h1-8,13,15H,9-12H2/b8-7+. The molecule has 1 fully saturated rings. The lowest BCUT2D eigenvalue weighted by molar-refractivity contribution is -0.126. The van der Waals surface area contributed by atoms with Gasteiger partial charge in [0.25, 0.3) is 0 Å². The maximum absolute atomic E-state index is 12.3. The van der Waals surface area contributed by atoms with Crippen molar-refractivity contribution >= 4 is 34.9 Å². The van der Waals surface area contributed by atoms with E-state index in [4.69, 9.17) is 11.6 Å². The quantitative estimate of drug-likeness (QED) is 0.738. The summed E-state index contributed by atoms with van der Waals surface area (Å²) in [6.45, 7) is 1.66. The normalized spacial score (nSPS) is 16.3. The smallest absolute Gasteiger partial charge is 0.246 e. The highest BCUT2D eigenvalue weighted by Gasteiger charge is 2.23. The van der Waals surface area contributed by atoms with Gasteiger partial charge in [-0.3, -0.25) is 4.79 Å². The van der Waals surface area contributed by atoms with Gasteiger partial charge in [0.15, 0.2) is 0 Å². The van der Waals surface area contributed by atoms with Gasteiger partial charge in [-0.15, -0.1) is 11.3 Å². The Balaban J connectivity index is 1.57. The van der Waals surface area contributed by atoms with Crippen LogP contribution in [-0.4, -0.2) is 23.9 Å². The number of piperidine rings is 1. The number of nitrogens with zero attached hydrogens (tertiary/aromatic N) is 1. The minimum atomic E-state index is 0.0737. The summed E-state index contributed by atoms with van der Waals surface area (Å²) < 4.78 is 0. The summed E-state index contributed by atoms with van der Waals surface area (Å²) in [5.74, 6) is 0.682. The average molecular weight is 332 g/mol. The second-order valence-electron chi connectivity index (χ2n) is 5.47. The maximum atomic E-state index is 12.3. The average Bonchev–Trinajstić information content (AvgIpc) is 3.08. The number of carbonyl (C=O) groups excluding carboxylic acids is 1. The van der Waals surface area contributed by atoms with E-state index in [2.05, 4.69) is 17.5 Å². The molecule has 22 heavy (non-hydrogen) atoms. The van der Waals surface area contributed by atoms with Crippen LogP contribution in [0.5, 0.6) is 0 Å². The molecule has 1 amide bonds. The lowest BCUT2D eigenvalue weighted by Gasteiger charge is -2.30. The molecule has 0 spiro atoms. The van der Waals surface area contributed by atoms with Gasteiger partial charge in [0, 0.05) is 29.1 Å². The molecule has 2 aromatic rings. The third-order valence-electron chi connectivity index (χ3n) is 4.06. The van der Waals surface area contributed by atoms with Gasteiger partial charge in [-0.05, 0) is 47.9 Å². The number of amides is 1. The fourth-order valence-corrected chi connectivity index (χ4v) is 3.88. The van der Waals surface area contributed by atoms with Gasteiger partial charge in [-0.1, -0.05) is 35.9 Å². The van der Waals surface area contributed by atoms with Crippen LogP contribution in [0.3, 0.4) is 0 Å². The van der Waals surface area contributed by atoms with E-state index in [1.165, 1.54) is 4.88 Å². The lowest BCUT2D eigenvalue weighted by Crippen LogP contribution is -2.36. The van der Waals surface area contributed by atoms with Gasteiger partial charge in [-0.25, -0.2) is 0 Å². The predicted octanol–water partition coefficient (Wildman–Crippen LogP) is 4.82. The molecule has 1 aromatic carbocycles. The van der Waals surface area contributed by atoms with Crippen LogP contribution in [0, 0.1) is 0 Å². The summed E-state index contributed by atoms with van der Waals surface area (Å²) in [7, 11) is 0. The summed E-state index contributed by atoms with van der Waals surface area (Å²) >= 11 is 7.91. The largest absolute Gasteiger partial charge is 0.339 e. The first-order valence-electron chi connectivity index (χ1n) is 7.49. The van der Waals surface area contributed by atoms with Crippen LogP contribution >= 0.6 is 22.9 Å². The highest BCUT2D eigenvalue weighted by molar-refractivity contribution is 7.10. The monoisotopic (exact) mass is 331 g/mol. The maximum Gasteiger partial charge on any atom is 0.246 e. The first-order valence-corrected chi connectivity index (χ1v) is 8.75. The Morgan fingerprint density at radius 1 is 1.18 bits per heavy atom. The molecule has 2 heterocycles. The summed E-state index contributed by atoms with van der Waals surface area (Å²) in [6.07, 6.45) is 5.53. The molecular formula is C18H18ClNOS. The molecule has 0 atom stereocenters. The van der Waals surface area contributed by atoms with Gasteiger partial charge in [0.1, 0.15) is 0 Å². The Hall–Kier alpha value is -1.58. The van der Waals surface area contributed by atoms with Crippen molar-refractivity contribution in [1.82, 2.24) is 4.90 Å². The van der Waals surface area contributed by atoms with Gasteiger partial charge < -0.3 is 4.90 Å². The number of rotatable bonds is 3. The minimum absolute atomic E-state index is 0.0737. The second kappa shape index (κ2) is 7.12. The number of benzene rings is 1. The Morgan fingerprint density at radius 3 is 2.64 bits per heavy atom. The summed E-state index contributed by atoms with van der Waals surface area (Å²) in [5, 5.41) is 2.79. The van der Waals surface area contributed by atoms with E-state index in [1.807, 2.05) is 40.5 Å². The van der Waals surface area contributed by atoms with Crippen molar-refractivity contribution in [2.45, 2.75) is 18.8 Å². The third kappa shape index (κ3) is 3.60. The number of carbonyl (C=O) groups is 1. The first-order chi connectivity index (χ1) is 10.7. The van der Waals surface area contributed by atoms with E-state index in [0.29, 0.717) is 10.9 Å². The van der Waals surface area contributed by atoms with Crippen LogP contribution in [0.25, 0.3) is 6.08 Å². The van der Waals surface area contributed by atoms with E-state index < -0.39 is 0 Å². The van der Waals surface area contributed by atoms with Crippen molar-refractivity contribution in [3.63, 3.8) is 0 Å². The molecule has 0 unspecified atom stereocenters. The Bertz CT molecular complexity index is 657. The van der Waals surface area contributed by atoms with Crippen molar-refractivity contribution in [2.24, 2.45) is 0 Å². The molecule has 3 rings (SSSR count). The van der Waals surface area contributed by atoms with Crippen molar-refractivity contribution in [2.75, 3.05) is 13.1 Å². The molecule has 114 valence electrons. The van der Waals surface area contributed by atoms with E-state index >= 15 is 0 Å². The molecule has 1 aliphatic rings. The second-order valence-corrected chi connectivity index (χ2v) is 6.86. The Labute approximate surface area is 140 Å². The number of thiophene rings is 1. The third-order valence-corrected chi connectivity index (χ3v) is 5.44. The number of halogens is 1. The van der Waals surface area contributed by atoms with Crippen LogP contribution < -0.4 is 0 Å². The number of hydrogen-bond acceptors (Lipinski definition) is 2. The van der Waals surface area contributed by atoms with E-state index in [-0.39, 0.29) is 5.91 Å². The SMILES string of the molecule is O=C(/C=C/c1ccccc1Cl)N1CCC(c2cccs2)CC1. The van der Waals surface area contributed by atoms with Crippen LogP contribution in [0.4, 0.5) is 0 Å². The molecular weight excluding hydrogens is 314 g/mol. The topological polar surface area (TPSA) is 20.3 Å². The van der Waals surface area contributed by atoms with Gasteiger partial charge >= 0.3 is 0 Å². The number of likely N-dealkylation sites (tertiary alicyclic amines) is 1. The molecule has 4 heteroatoms. The van der Waals surface area contributed by atoms with Crippen LogP contribution in [0.1, 0.15) is 29.2 Å². The van der Waals surface area contributed by atoms with Gasteiger partial charge in [0.2, 0.25) is 5.91 Å². The zero-order valence-corrected chi connectivity index (χ0v) is 13.8. The van der Waals surface area contributed by atoms with Crippen LogP contribution in [-0.2, 0) is 4.79 Å². The van der Waals surface area contributed by atoms with Crippen LogP contribution in [0.15, 0.2) is 47.9 Å². The van der Waals surface area contributed by atoms with E-state index in [1.54, 1.807) is 12.2 Å². The Morgan fingerprint density at radius 2 is 1.95 bits per heavy atom. The first kappa shape index (κ1) is 15.3. The van der Waals surface area contributed by atoms with Gasteiger partial charge in [-0.2, -0.15) is 0 Å². The molecule has 2 nitrogen and oxygen atoms in total. The zero-order valence-electron chi connectivity index (χ0n) is 12.2. The zero-order chi connectivity index (χ0) is 15.4. The van der Waals surface area contributed by atoms with Crippen molar-refractivity contribution in [3.05, 3.63) is 63.3 Å². The van der Waals surface area contributed by atoms with E-state index in [0.717, 1.165) is 31.5 Å². The molecule has 0 aliphatic carbocycles. The molecule has 0 bridgehead atoms. The lowest BCUT2D eigenvalue weighted by atomic mass is 9.95. The molecule has 1 aliphatic heterocycles. The Kier molecular flexibility index (Phi) is 4.96. The van der Waals surface area contributed by atoms with Gasteiger partial charge in [0.05, 0.1) is 0 Å². The molecule has 1 aromatic heterocycles. The van der Waals surface area contributed by atoms with Crippen molar-refractivity contribution < 1.29 is 4.79 Å². The highest BCUT2D eigenvalue weighted by atomic mass is 35.5. The number of hydrogen-bond donors (Lipinski definition) is 0. The summed E-state index contributed by atoms with van der Waals surface area (Å²) in [4.78, 5) is 15.6. The summed E-state index contributed by atoms with van der Waals surface area (Å²) in [6, 6.07) is 11.8.